The Morgan fingerprint density at radius 3 is 2.70 bits per heavy atom. The van der Waals surface area contributed by atoms with Gasteiger partial charge in [0.1, 0.15) is 5.38 Å². The molecule has 0 aromatic carbocycles. The summed E-state index contributed by atoms with van der Waals surface area (Å²) in [4.78, 5) is 21.3. The molecule has 1 heterocycles. The van der Waals surface area contributed by atoms with Crippen LogP contribution in [-0.4, -0.2) is 17.2 Å². The molecule has 0 aromatic rings. The highest BCUT2D eigenvalue weighted by Crippen LogP contribution is 2.14. The van der Waals surface area contributed by atoms with E-state index < -0.39 is 17.2 Å². The molecule has 2 amide bonds. The normalized spacial score (nSPS) is 26.5. The number of hydrogen-bond acceptors (Lipinski definition) is 2. The van der Waals surface area contributed by atoms with Crippen LogP contribution in [0.15, 0.2) is 12.2 Å². The average Bonchev–Trinajstić information content (AvgIpc) is 1.84. The van der Waals surface area contributed by atoms with Crippen molar-refractivity contribution >= 4 is 23.4 Å². The van der Waals surface area contributed by atoms with E-state index in [2.05, 4.69) is 11.9 Å². The number of halogens is 1. The predicted octanol–water partition coefficient (Wildman–Crippen LogP) is 0.196. The fraction of sp³-hybridized carbons (Fsp3) is 0.333. The third-order valence-electron chi connectivity index (χ3n) is 1.27. The Morgan fingerprint density at radius 2 is 2.20 bits per heavy atom. The minimum absolute atomic E-state index is 0.256. The molecule has 0 radical (unpaired) electrons. The van der Waals surface area contributed by atoms with Gasteiger partial charge in [-0.05, 0) is 0 Å². The van der Waals surface area contributed by atoms with Gasteiger partial charge >= 0.3 is 0 Å². The second kappa shape index (κ2) is 2.42. The van der Waals surface area contributed by atoms with Crippen LogP contribution in [0.25, 0.3) is 0 Å². The summed E-state index contributed by atoms with van der Waals surface area (Å²) in [6.45, 7) is 3.43. The van der Waals surface area contributed by atoms with Crippen molar-refractivity contribution in [3.63, 3.8) is 0 Å². The van der Waals surface area contributed by atoms with Gasteiger partial charge in [0.15, 0.2) is 0 Å². The summed E-state index contributed by atoms with van der Waals surface area (Å²) in [5.74, 6) is -0.846. The van der Waals surface area contributed by atoms with E-state index in [1.54, 1.807) is 0 Å². The molecule has 1 atom stereocenters. The lowest BCUT2D eigenvalue weighted by molar-refractivity contribution is -0.130. The molecule has 1 N–H and O–H groups in total. The molecule has 1 aliphatic rings. The topological polar surface area (TPSA) is 46.2 Å². The van der Waals surface area contributed by atoms with Crippen molar-refractivity contribution < 1.29 is 9.59 Å². The Morgan fingerprint density at radius 1 is 1.60 bits per heavy atom. The van der Waals surface area contributed by atoms with Crippen LogP contribution in [-0.2, 0) is 9.59 Å². The second-order valence-corrected chi connectivity index (χ2v) is 2.62. The SMILES string of the molecule is C=C1CC(Cl)C(=O)NC1=O. The minimum atomic E-state index is -0.634. The van der Waals surface area contributed by atoms with Gasteiger partial charge in [0, 0.05) is 12.0 Å². The summed E-state index contributed by atoms with van der Waals surface area (Å²) in [6.07, 6.45) is 0.256. The summed E-state index contributed by atoms with van der Waals surface area (Å²) in [7, 11) is 0. The third kappa shape index (κ3) is 1.19. The number of amides is 2. The molecule has 10 heavy (non-hydrogen) atoms. The highest BCUT2D eigenvalue weighted by Gasteiger charge is 2.26. The summed E-state index contributed by atoms with van der Waals surface area (Å²) < 4.78 is 0. The van der Waals surface area contributed by atoms with E-state index in [-0.39, 0.29) is 6.42 Å². The highest BCUT2D eigenvalue weighted by atomic mass is 35.5. The van der Waals surface area contributed by atoms with E-state index >= 15 is 0 Å². The first-order valence-corrected chi connectivity index (χ1v) is 3.22. The van der Waals surface area contributed by atoms with Crippen LogP contribution in [0.3, 0.4) is 0 Å². The smallest absolute Gasteiger partial charge is 0.253 e. The summed E-state index contributed by atoms with van der Waals surface area (Å²) in [5, 5.41) is 1.44. The fourth-order valence-electron chi connectivity index (χ4n) is 0.680. The lowest BCUT2D eigenvalue weighted by Crippen LogP contribution is -2.42. The van der Waals surface area contributed by atoms with E-state index in [0.717, 1.165) is 0 Å². The monoisotopic (exact) mass is 159 g/mol. The van der Waals surface area contributed by atoms with Gasteiger partial charge in [0.2, 0.25) is 5.91 Å². The number of carbonyl (C=O) groups excluding carboxylic acids is 2. The first-order chi connectivity index (χ1) is 4.61. The van der Waals surface area contributed by atoms with E-state index in [0.29, 0.717) is 5.57 Å². The maximum Gasteiger partial charge on any atom is 0.253 e. The van der Waals surface area contributed by atoms with Gasteiger partial charge in [-0.2, -0.15) is 0 Å². The Bertz CT molecular complexity index is 212. The summed E-state index contributed by atoms with van der Waals surface area (Å²) in [6, 6.07) is 0. The van der Waals surface area contributed by atoms with Crippen molar-refractivity contribution in [3.8, 4) is 0 Å². The number of carbonyl (C=O) groups is 2. The van der Waals surface area contributed by atoms with E-state index in [4.69, 9.17) is 11.6 Å². The molecule has 1 rings (SSSR count). The highest BCUT2D eigenvalue weighted by molar-refractivity contribution is 6.34. The van der Waals surface area contributed by atoms with Gasteiger partial charge in [-0.25, -0.2) is 0 Å². The quantitative estimate of drug-likeness (QED) is 0.312. The fourth-order valence-corrected chi connectivity index (χ4v) is 0.921. The van der Waals surface area contributed by atoms with Gasteiger partial charge in [0.25, 0.3) is 5.91 Å². The number of imide groups is 1. The van der Waals surface area contributed by atoms with E-state index in [1.807, 2.05) is 0 Å². The van der Waals surface area contributed by atoms with Crippen molar-refractivity contribution in [2.45, 2.75) is 11.8 Å². The van der Waals surface area contributed by atoms with Crippen LogP contribution in [0.1, 0.15) is 6.42 Å². The van der Waals surface area contributed by atoms with Crippen LogP contribution in [0.5, 0.6) is 0 Å². The van der Waals surface area contributed by atoms with E-state index in [9.17, 15) is 9.59 Å². The zero-order valence-electron chi connectivity index (χ0n) is 5.19. The number of nitrogens with one attached hydrogen (secondary N) is 1. The molecule has 54 valence electrons. The average molecular weight is 160 g/mol. The maximum atomic E-state index is 10.7. The summed E-state index contributed by atoms with van der Waals surface area (Å²) in [5.41, 5.74) is 0.361. The summed E-state index contributed by atoms with van der Waals surface area (Å²) >= 11 is 5.50. The molecular weight excluding hydrogens is 154 g/mol. The Kier molecular flexibility index (Phi) is 1.76. The molecular formula is C6H6ClNO2. The maximum absolute atomic E-state index is 10.7. The molecule has 0 bridgehead atoms. The standard InChI is InChI=1S/C6H6ClNO2/c1-3-2-4(7)6(10)8-5(3)9/h4H,1-2H2,(H,8,9,10). The van der Waals surface area contributed by atoms with Gasteiger partial charge < -0.3 is 0 Å². The van der Waals surface area contributed by atoms with Gasteiger partial charge in [-0.3, -0.25) is 14.9 Å². The van der Waals surface area contributed by atoms with Crippen molar-refractivity contribution in [1.82, 2.24) is 5.32 Å². The second-order valence-electron chi connectivity index (χ2n) is 2.09. The molecule has 1 saturated heterocycles. The lowest BCUT2D eigenvalue weighted by Gasteiger charge is -2.16. The lowest BCUT2D eigenvalue weighted by atomic mass is 10.1. The molecule has 0 spiro atoms. The zero-order valence-corrected chi connectivity index (χ0v) is 5.94. The number of rotatable bonds is 0. The van der Waals surface area contributed by atoms with Gasteiger partial charge in [-0.1, -0.05) is 6.58 Å². The molecule has 0 aliphatic carbocycles. The predicted molar refractivity (Wildman–Crippen MR) is 36.5 cm³/mol. The zero-order chi connectivity index (χ0) is 7.72. The van der Waals surface area contributed by atoms with Crippen molar-refractivity contribution in [1.29, 1.82) is 0 Å². The van der Waals surface area contributed by atoms with Crippen LogP contribution in [0.2, 0.25) is 0 Å². The number of hydrogen-bond donors (Lipinski definition) is 1. The van der Waals surface area contributed by atoms with Crippen molar-refractivity contribution in [3.05, 3.63) is 12.2 Å². The Balaban J connectivity index is 2.72. The molecule has 0 saturated carbocycles. The molecule has 4 heteroatoms. The Labute approximate surface area is 63.0 Å². The largest absolute Gasteiger partial charge is 0.291 e. The van der Waals surface area contributed by atoms with Crippen LogP contribution in [0, 0.1) is 0 Å². The van der Waals surface area contributed by atoms with Crippen molar-refractivity contribution in [2.75, 3.05) is 0 Å². The first-order valence-electron chi connectivity index (χ1n) is 2.78. The first kappa shape index (κ1) is 7.28. The van der Waals surface area contributed by atoms with Gasteiger partial charge in [0.05, 0.1) is 0 Å². The number of piperidine rings is 1. The Hall–Kier alpha value is -0.830. The van der Waals surface area contributed by atoms with Crippen LogP contribution >= 0.6 is 11.6 Å². The third-order valence-corrected chi connectivity index (χ3v) is 1.62. The van der Waals surface area contributed by atoms with E-state index in [1.165, 1.54) is 0 Å². The van der Waals surface area contributed by atoms with Crippen LogP contribution in [0.4, 0.5) is 0 Å². The molecule has 1 fully saturated rings. The molecule has 1 unspecified atom stereocenters. The molecule has 1 aliphatic heterocycles. The number of alkyl halides is 1. The molecule has 0 aromatic heterocycles. The van der Waals surface area contributed by atoms with Crippen LogP contribution < -0.4 is 5.32 Å². The van der Waals surface area contributed by atoms with Crippen molar-refractivity contribution in [2.24, 2.45) is 0 Å². The minimum Gasteiger partial charge on any atom is -0.291 e. The molecule has 3 nitrogen and oxygen atoms in total. The van der Waals surface area contributed by atoms with Gasteiger partial charge in [-0.15, -0.1) is 11.6 Å².